The molecule has 5 nitrogen and oxygen atoms in total. The summed E-state index contributed by atoms with van der Waals surface area (Å²) in [6.07, 6.45) is 1.15. The largest absolute Gasteiger partial charge is 0.487 e. The number of aromatic amines is 1. The monoisotopic (exact) mass is 439 g/mol. The fourth-order valence-electron chi connectivity index (χ4n) is 4.26. The molecule has 1 aromatic heterocycles. The average Bonchev–Trinajstić information content (AvgIpc) is 3.10. The Kier molecular flexibility index (Phi) is 4.12. The first-order valence-corrected chi connectivity index (χ1v) is 10.4. The van der Waals surface area contributed by atoms with Gasteiger partial charge in [-0.2, -0.15) is 5.10 Å². The Morgan fingerprint density at radius 3 is 2.57 bits per heavy atom. The molecule has 2 aromatic carbocycles. The zero-order valence-electron chi connectivity index (χ0n) is 16.0. The van der Waals surface area contributed by atoms with Crippen molar-refractivity contribution in [2.45, 2.75) is 45.3 Å². The topological polar surface area (TPSA) is 59.2 Å². The first-order chi connectivity index (χ1) is 13.5. The fourth-order valence-corrected chi connectivity index (χ4v) is 4.66. The molecule has 144 valence electrons. The van der Waals surface area contributed by atoms with Crippen LogP contribution in [0.1, 0.15) is 44.2 Å². The number of aromatic nitrogens is 2. The zero-order chi connectivity index (χ0) is 19.4. The molecule has 2 N–H and O–H groups in total. The molecule has 0 radical (unpaired) electrons. The Morgan fingerprint density at radius 2 is 1.82 bits per heavy atom. The van der Waals surface area contributed by atoms with E-state index in [1.807, 2.05) is 24.3 Å². The second-order valence-corrected chi connectivity index (χ2v) is 8.61. The number of anilines is 2. The van der Waals surface area contributed by atoms with Crippen LogP contribution in [0.15, 0.2) is 40.9 Å². The van der Waals surface area contributed by atoms with Crippen molar-refractivity contribution in [2.75, 3.05) is 5.32 Å². The van der Waals surface area contributed by atoms with E-state index in [-0.39, 0.29) is 18.1 Å². The Morgan fingerprint density at radius 1 is 1.07 bits per heavy atom. The van der Waals surface area contributed by atoms with Gasteiger partial charge < -0.3 is 14.8 Å². The van der Waals surface area contributed by atoms with Gasteiger partial charge in [0.25, 0.3) is 0 Å². The molecule has 2 aliphatic rings. The van der Waals surface area contributed by atoms with Crippen molar-refractivity contribution in [3.63, 3.8) is 0 Å². The van der Waals surface area contributed by atoms with Gasteiger partial charge in [-0.15, -0.1) is 0 Å². The van der Waals surface area contributed by atoms with Crippen molar-refractivity contribution in [2.24, 2.45) is 0 Å². The molecule has 0 saturated carbocycles. The molecule has 3 aromatic rings. The average molecular weight is 440 g/mol. The zero-order valence-corrected chi connectivity index (χ0v) is 17.6. The van der Waals surface area contributed by atoms with Crippen molar-refractivity contribution in [1.29, 1.82) is 0 Å². The van der Waals surface area contributed by atoms with Gasteiger partial charge >= 0.3 is 0 Å². The number of benzene rings is 2. The van der Waals surface area contributed by atoms with Crippen LogP contribution in [0.5, 0.6) is 11.5 Å². The summed E-state index contributed by atoms with van der Waals surface area (Å²) in [5, 5.41) is 11.2. The molecule has 6 heteroatoms. The van der Waals surface area contributed by atoms with E-state index < -0.39 is 0 Å². The van der Waals surface area contributed by atoms with Gasteiger partial charge in [-0.05, 0) is 49.7 Å². The Labute approximate surface area is 172 Å². The van der Waals surface area contributed by atoms with Crippen molar-refractivity contribution in [1.82, 2.24) is 10.2 Å². The molecule has 28 heavy (non-hydrogen) atoms. The van der Waals surface area contributed by atoms with E-state index in [4.69, 9.17) is 9.47 Å². The van der Waals surface area contributed by atoms with E-state index >= 15 is 0 Å². The van der Waals surface area contributed by atoms with Gasteiger partial charge in [-0.25, -0.2) is 0 Å². The van der Waals surface area contributed by atoms with Crippen LogP contribution in [0, 0.1) is 0 Å². The normalized spacial score (nSPS) is 22.4. The summed E-state index contributed by atoms with van der Waals surface area (Å²) in [4.78, 5) is 0. The van der Waals surface area contributed by atoms with Crippen molar-refractivity contribution in [3.8, 4) is 22.8 Å². The van der Waals surface area contributed by atoms with E-state index in [1.54, 1.807) is 0 Å². The van der Waals surface area contributed by atoms with Crippen molar-refractivity contribution < 1.29 is 9.47 Å². The molecule has 0 spiro atoms. The maximum Gasteiger partial charge on any atom is 0.162 e. The number of hydrogen-bond donors (Lipinski definition) is 2. The minimum atomic E-state index is 0.128. The summed E-state index contributed by atoms with van der Waals surface area (Å²) < 4.78 is 13.3. The van der Waals surface area contributed by atoms with Gasteiger partial charge in [0.15, 0.2) is 17.3 Å². The minimum absolute atomic E-state index is 0.128. The van der Waals surface area contributed by atoms with Crippen LogP contribution >= 0.6 is 15.9 Å². The Hall–Kier alpha value is -2.47. The number of fused-ring (bicyclic) bond motifs is 4. The van der Waals surface area contributed by atoms with Crippen LogP contribution in [-0.2, 0) is 0 Å². The molecule has 0 fully saturated rings. The highest BCUT2D eigenvalue weighted by atomic mass is 79.9. The molecule has 0 saturated heterocycles. The summed E-state index contributed by atoms with van der Waals surface area (Å²) in [5.41, 5.74) is 5.61. The van der Waals surface area contributed by atoms with Crippen molar-refractivity contribution >= 4 is 27.4 Å². The number of ether oxygens (including phenoxy) is 2. The summed E-state index contributed by atoms with van der Waals surface area (Å²) >= 11 is 3.52. The molecule has 2 heterocycles. The van der Waals surface area contributed by atoms with Gasteiger partial charge in [0.05, 0.1) is 17.9 Å². The molecule has 3 atom stereocenters. The fraction of sp³-hybridized carbons (Fsp3) is 0.318. The highest BCUT2D eigenvalue weighted by molar-refractivity contribution is 9.10. The van der Waals surface area contributed by atoms with E-state index in [2.05, 4.69) is 64.3 Å². The van der Waals surface area contributed by atoms with Crippen LogP contribution in [0.25, 0.3) is 11.3 Å². The van der Waals surface area contributed by atoms with Crippen molar-refractivity contribution in [3.05, 3.63) is 52.0 Å². The standard InChI is InChI=1S/C22H22BrN3O2/c1-11-7-12(2)28-19-10-17-16(9-18(19)27-11)13(3)20-21(17)25-26-22(20)24-15-6-4-5-14(23)8-15/h4-6,8-13H,7H2,1-3H3,(H2,24,25,26). The number of nitrogens with one attached hydrogen (secondary N) is 2. The quantitative estimate of drug-likeness (QED) is 0.514. The third kappa shape index (κ3) is 2.87. The maximum absolute atomic E-state index is 6.14. The number of H-pyrrole nitrogens is 1. The predicted molar refractivity (Wildman–Crippen MR) is 114 cm³/mol. The number of halogens is 1. The number of rotatable bonds is 2. The third-order valence-corrected chi connectivity index (χ3v) is 5.99. The van der Waals surface area contributed by atoms with Crippen LogP contribution in [0.2, 0.25) is 0 Å². The van der Waals surface area contributed by atoms with Gasteiger partial charge in [-0.3, -0.25) is 5.10 Å². The molecular weight excluding hydrogens is 418 g/mol. The summed E-state index contributed by atoms with van der Waals surface area (Å²) in [6.45, 7) is 6.40. The number of hydrogen-bond acceptors (Lipinski definition) is 4. The number of nitrogens with zero attached hydrogens (tertiary/aromatic N) is 1. The smallest absolute Gasteiger partial charge is 0.162 e. The minimum Gasteiger partial charge on any atom is -0.487 e. The first-order valence-electron chi connectivity index (χ1n) is 9.62. The van der Waals surface area contributed by atoms with Gasteiger partial charge in [-0.1, -0.05) is 28.9 Å². The second kappa shape index (κ2) is 6.55. The highest BCUT2D eigenvalue weighted by Gasteiger charge is 2.34. The molecule has 3 unspecified atom stereocenters. The van der Waals surface area contributed by atoms with Gasteiger partial charge in [0.1, 0.15) is 0 Å². The van der Waals surface area contributed by atoms with E-state index in [0.717, 1.165) is 45.2 Å². The summed E-state index contributed by atoms with van der Waals surface area (Å²) in [6, 6.07) is 12.3. The molecule has 0 bridgehead atoms. The Balaban J connectivity index is 1.55. The van der Waals surface area contributed by atoms with Gasteiger partial charge in [0, 0.05) is 33.6 Å². The Bertz CT molecular complexity index is 1060. The summed E-state index contributed by atoms with van der Waals surface area (Å²) in [7, 11) is 0. The van der Waals surface area contributed by atoms with Crippen LogP contribution in [0.3, 0.4) is 0 Å². The van der Waals surface area contributed by atoms with Gasteiger partial charge in [0.2, 0.25) is 0 Å². The molecule has 1 aliphatic carbocycles. The molecular formula is C22H22BrN3O2. The second-order valence-electron chi connectivity index (χ2n) is 7.70. The van der Waals surface area contributed by atoms with Crippen LogP contribution in [-0.4, -0.2) is 22.4 Å². The molecule has 5 rings (SSSR count). The summed E-state index contributed by atoms with van der Waals surface area (Å²) in [5.74, 6) is 2.72. The SMILES string of the molecule is CC1CC(C)Oc2cc3c(cc2O1)-c1[nH]nc(Nc2cccc(Br)c2)c1C3C. The third-order valence-electron chi connectivity index (χ3n) is 5.50. The molecule has 1 aliphatic heterocycles. The van der Waals surface area contributed by atoms with Crippen LogP contribution < -0.4 is 14.8 Å². The van der Waals surface area contributed by atoms with E-state index in [1.165, 1.54) is 11.1 Å². The lowest BCUT2D eigenvalue weighted by Gasteiger charge is -2.15. The predicted octanol–water partition coefficient (Wildman–Crippen LogP) is 5.99. The molecule has 0 amide bonds. The first kappa shape index (κ1) is 17.6. The van der Waals surface area contributed by atoms with E-state index in [9.17, 15) is 0 Å². The lowest BCUT2D eigenvalue weighted by Crippen LogP contribution is -2.18. The lowest BCUT2D eigenvalue weighted by molar-refractivity contribution is 0.168. The highest BCUT2D eigenvalue weighted by Crippen LogP contribution is 2.51. The lowest BCUT2D eigenvalue weighted by atomic mass is 9.99. The van der Waals surface area contributed by atoms with E-state index in [0.29, 0.717) is 0 Å². The van der Waals surface area contributed by atoms with Crippen LogP contribution in [0.4, 0.5) is 11.5 Å². The maximum atomic E-state index is 6.14.